The molecule has 1 atom stereocenters. The second kappa shape index (κ2) is 9.75. The number of anilines is 1. The van der Waals surface area contributed by atoms with Crippen molar-refractivity contribution in [2.24, 2.45) is 5.92 Å². The summed E-state index contributed by atoms with van der Waals surface area (Å²) in [6.45, 7) is 2.36. The first-order valence-corrected chi connectivity index (χ1v) is 9.60. The highest BCUT2D eigenvalue weighted by atomic mass is 16.2. The predicted molar refractivity (Wildman–Crippen MR) is 105 cm³/mol. The third-order valence-corrected chi connectivity index (χ3v) is 4.91. The second-order valence-electron chi connectivity index (χ2n) is 6.96. The van der Waals surface area contributed by atoms with Gasteiger partial charge in [0.25, 0.3) is 5.91 Å². The van der Waals surface area contributed by atoms with Crippen LogP contribution in [-0.2, 0) is 0 Å². The number of likely N-dealkylation sites (tertiary alicyclic amines) is 1. The number of aromatic nitrogens is 2. The van der Waals surface area contributed by atoms with Crippen molar-refractivity contribution in [2.45, 2.75) is 32.1 Å². The van der Waals surface area contributed by atoms with E-state index >= 15 is 0 Å². The molecule has 3 heterocycles. The zero-order valence-corrected chi connectivity index (χ0v) is 15.5. The van der Waals surface area contributed by atoms with Gasteiger partial charge in [0, 0.05) is 43.9 Å². The van der Waals surface area contributed by atoms with Gasteiger partial charge in [-0.05, 0) is 49.4 Å². The standard InChI is InChI=1S/C20H27N5O2/c26-19(18-6-4-11-22-18)25-14-9-16(15-25)5-2-1-3-10-23-20(27)24-17-7-12-21-13-8-17/h4,6-8,11-13,16,22H,1-3,5,9-10,14-15H2,(H2,21,23,24,27). The Morgan fingerprint density at radius 3 is 2.81 bits per heavy atom. The summed E-state index contributed by atoms with van der Waals surface area (Å²) >= 11 is 0. The number of nitrogens with zero attached hydrogens (tertiary/aromatic N) is 2. The summed E-state index contributed by atoms with van der Waals surface area (Å²) in [7, 11) is 0. The van der Waals surface area contributed by atoms with Crippen LogP contribution in [0.25, 0.3) is 0 Å². The molecule has 3 rings (SSSR count). The van der Waals surface area contributed by atoms with Crippen molar-refractivity contribution in [3.8, 4) is 0 Å². The van der Waals surface area contributed by atoms with Crippen LogP contribution in [0.1, 0.15) is 42.6 Å². The van der Waals surface area contributed by atoms with E-state index in [-0.39, 0.29) is 11.9 Å². The Morgan fingerprint density at radius 2 is 2.04 bits per heavy atom. The van der Waals surface area contributed by atoms with Crippen LogP contribution in [0.5, 0.6) is 0 Å². The van der Waals surface area contributed by atoms with Crippen LogP contribution in [0, 0.1) is 5.92 Å². The Morgan fingerprint density at radius 1 is 1.19 bits per heavy atom. The lowest BCUT2D eigenvalue weighted by atomic mass is 10.0. The van der Waals surface area contributed by atoms with E-state index in [0.717, 1.165) is 50.9 Å². The molecular formula is C20H27N5O2. The predicted octanol–water partition coefficient (Wildman–Crippen LogP) is 3.25. The highest BCUT2D eigenvalue weighted by molar-refractivity contribution is 5.92. The number of rotatable bonds is 8. The van der Waals surface area contributed by atoms with Gasteiger partial charge < -0.3 is 20.5 Å². The first-order valence-electron chi connectivity index (χ1n) is 9.60. The van der Waals surface area contributed by atoms with Gasteiger partial charge in [-0.3, -0.25) is 9.78 Å². The van der Waals surface area contributed by atoms with Crippen LogP contribution in [0.15, 0.2) is 42.9 Å². The van der Waals surface area contributed by atoms with E-state index in [0.29, 0.717) is 18.2 Å². The molecule has 2 aromatic heterocycles. The van der Waals surface area contributed by atoms with Crippen molar-refractivity contribution in [3.63, 3.8) is 0 Å². The Bertz CT molecular complexity index is 717. The minimum atomic E-state index is -0.185. The molecule has 1 saturated heterocycles. The van der Waals surface area contributed by atoms with Crippen molar-refractivity contribution in [2.75, 3.05) is 25.0 Å². The molecule has 7 nitrogen and oxygen atoms in total. The highest BCUT2D eigenvalue weighted by Crippen LogP contribution is 2.23. The molecule has 1 unspecified atom stereocenters. The molecule has 0 aliphatic carbocycles. The monoisotopic (exact) mass is 369 g/mol. The first-order chi connectivity index (χ1) is 13.2. The summed E-state index contributed by atoms with van der Waals surface area (Å²) in [5.74, 6) is 0.693. The summed E-state index contributed by atoms with van der Waals surface area (Å²) in [6.07, 6.45) is 10.5. The number of hydrogen-bond donors (Lipinski definition) is 3. The molecule has 0 spiro atoms. The molecular weight excluding hydrogens is 342 g/mol. The van der Waals surface area contributed by atoms with E-state index < -0.39 is 0 Å². The maximum Gasteiger partial charge on any atom is 0.319 e. The zero-order valence-electron chi connectivity index (χ0n) is 15.5. The van der Waals surface area contributed by atoms with Gasteiger partial charge in [0.15, 0.2) is 0 Å². The topological polar surface area (TPSA) is 90.1 Å². The third-order valence-electron chi connectivity index (χ3n) is 4.91. The molecule has 0 radical (unpaired) electrons. The maximum absolute atomic E-state index is 12.3. The van der Waals surface area contributed by atoms with Crippen LogP contribution in [0.4, 0.5) is 10.5 Å². The number of amides is 3. The fraction of sp³-hybridized carbons (Fsp3) is 0.450. The SMILES string of the molecule is O=C(NCCCCCC1CCN(C(=O)c2ccc[nH]2)C1)Nc1ccncc1. The molecule has 3 amide bonds. The highest BCUT2D eigenvalue weighted by Gasteiger charge is 2.26. The molecule has 27 heavy (non-hydrogen) atoms. The minimum absolute atomic E-state index is 0.104. The molecule has 0 bridgehead atoms. The summed E-state index contributed by atoms with van der Waals surface area (Å²) in [6, 6.07) is 7.01. The van der Waals surface area contributed by atoms with Crippen molar-refractivity contribution in [1.82, 2.24) is 20.2 Å². The fourth-order valence-electron chi connectivity index (χ4n) is 3.43. The summed E-state index contributed by atoms with van der Waals surface area (Å²) in [5, 5.41) is 5.64. The lowest BCUT2D eigenvalue weighted by molar-refractivity contribution is 0.0781. The molecule has 1 aliphatic heterocycles. The average molecular weight is 369 g/mol. The van der Waals surface area contributed by atoms with E-state index in [9.17, 15) is 9.59 Å². The molecule has 1 fully saturated rings. The smallest absolute Gasteiger partial charge is 0.319 e. The number of carbonyl (C=O) groups excluding carboxylic acids is 2. The largest absolute Gasteiger partial charge is 0.357 e. The van der Waals surface area contributed by atoms with Crippen molar-refractivity contribution < 1.29 is 9.59 Å². The number of pyridine rings is 1. The molecule has 0 saturated carbocycles. The van der Waals surface area contributed by atoms with Crippen molar-refractivity contribution >= 4 is 17.6 Å². The molecule has 144 valence electrons. The average Bonchev–Trinajstić information content (AvgIpc) is 3.37. The van der Waals surface area contributed by atoms with Gasteiger partial charge in [-0.15, -0.1) is 0 Å². The maximum atomic E-state index is 12.3. The summed E-state index contributed by atoms with van der Waals surface area (Å²) < 4.78 is 0. The Hall–Kier alpha value is -2.83. The number of unbranched alkanes of at least 4 members (excludes halogenated alkanes) is 2. The van der Waals surface area contributed by atoms with Crippen molar-refractivity contribution in [1.29, 1.82) is 0 Å². The third kappa shape index (κ3) is 5.84. The van der Waals surface area contributed by atoms with Crippen LogP contribution < -0.4 is 10.6 Å². The Labute approximate surface area is 159 Å². The summed E-state index contributed by atoms with van der Waals surface area (Å²) in [4.78, 5) is 32.9. The van der Waals surface area contributed by atoms with E-state index in [1.54, 1.807) is 30.7 Å². The number of nitrogens with one attached hydrogen (secondary N) is 3. The van der Waals surface area contributed by atoms with Crippen LogP contribution in [0.3, 0.4) is 0 Å². The zero-order chi connectivity index (χ0) is 18.9. The number of H-pyrrole nitrogens is 1. The minimum Gasteiger partial charge on any atom is -0.357 e. The molecule has 0 aromatic carbocycles. The number of carbonyl (C=O) groups is 2. The molecule has 3 N–H and O–H groups in total. The summed E-state index contributed by atoms with van der Waals surface area (Å²) in [5.41, 5.74) is 1.41. The van der Waals surface area contributed by atoms with E-state index in [2.05, 4.69) is 20.6 Å². The number of urea groups is 1. The number of hydrogen-bond acceptors (Lipinski definition) is 3. The van der Waals surface area contributed by atoms with Crippen LogP contribution in [0.2, 0.25) is 0 Å². The van der Waals surface area contributed by atoms with Gasteiger partial charge in [0.2, 0.25) is 0 Å². The molecule has 7 heteroatoms. The Balaban J connectivity index is 1.24. The first kappa shape index (κ1) is 18.9. The molecule has 1 aliphatic rings. The quantitative estimate of drug-likeness (QED) is 0.624. The Kier molecular flexibility index (Phi) is 6.84. The van der Waals surface area contributed by atoms with Crippen LogP contribution in [-0.4, -0.2) is 46.4 Å². The lowest BCUT2D eigenvalue weighted by Gasteiger charge is -2.15. The van der Waals surface area contributed by atoms with E-state index in [1.807, 2.05) is 17.0 Å². The van der Waals surface area contributed by atoms with Gasteiger partial charge in [0.1, 0.15) is 5.69 Å². The van der Waals surface area contributed by atoms with Gasteiger partial charge >= 0.3 is 6.03 Å². The molecule has 2 aromatic rings. The fourth-order valence-corrected chi connectivity index (χ4v) is 3.43. The number of aromatic amines is 1. The normalized spacial score (nSPS) is 16.3. The van der Waals surface area contributed by atoms with Crippen LogP contribution >= 0.6 is 0 Å². The van der Waals surface area contributed by atoms with Crippen molar-refractivity contribution in [3.05, 3.63) is 48.5 Å². The van der Waals surface area contributed by atoms with Gasteiger partial charge in [-0.1, -0.05) is 12.8 Å². The van der Waals surface area contributed by atoms with E-state index in [4.69, 9.17) is 0 Å². The van der Waals surface area contributed by atoms with Gasteiger partial charge in [-0.25, -0.2) is 4.79 Å². The van der Waals surface area contributed by atoms with Gasteiger partial charge in [0.05, 0.1) is 0 Å². The lowest BCUT2D eigenvalue weighted by Crippen LogP contribution is -2.29. The van der Waals surface area contributed by atoms with E-state index in [1.165, 1.54) is 0 Å². The second-order valence-corrected chi connectivity index (χ2v) is 6.96. The van der Waals surface area contributed by atoms with Gasteiger partial charge in [-0.2, -0.15) is 0 Å².